The van der Waals surface area contributed by atoms with E-state index in [1.807, 2.05) is 0 Å². The van der Waals surface area contributed by atoms with E-state index in [0.29, 0.717) is 12.4 Å². The number of alkyl halides is 4. The Hall–Kier alpha value is -2.19. The normalized spacial score (nSPS) is 17.3. The number of halogens is 4. The first-order valence-corrected chi connectivity index (χ1v) is 5.99. The van der Waals surface area contributed by atoms with Crippen LogP contribution in [0.15, 0.2) is 24.0 Å². The third-order valence-electron chi connectivity index (χ3n) is 3.03. The van der Waals surface area contributed by atoms with Gasteiger partial charge in [0.2, 0.25) is 12.1 Å². The molecular formula is C12H11F4N3O2. The molecule has 1 aliphatic rings. The number of carbonyl (C=O) groups is 1. The molecule has 21 heavy (non-hydrogen) atoms. The summed E-state index contributed by atoms with van der Waals surface area (Å²) >= 11 is 0. The van der Waals surface area contributed by atoms with Crippen molar-refractivity contribution in [2.45, 2.75) is 18.8 Å². The van der Waals surface area contributed by atoms with Crippen molar-refractivity contribution in [1.29, 1.82) is 0 Å². The van der Waals surface area contributed by atoms with Gasteiger partial charge in [0.25, 0.3) is 0 Å². The number of hydrogen-bond acceptors (Lipinski definition) is 4. The summed E-state index contributed by atoms with van der Waals surface area (Å²) in [5, 5.41) is 8.56. The summed E-state index contributed by atoms with van der Waals surface area (Å²) in [6.07, 6.45) is -3.66. The van der Waals surface area contributed by atoms with Crippen LogP contribution < -0.4 is 4.90 Å². The highest BCUT2D eigenvalue weighted by Gasteiger charge is 2.32. The number of rotatable bonds is 3. The highest BCUT2D eigenvalue weighted by molar-refractivity contribution is 5.76. The molecule has 2 rings (SSSR count). The largest absolute Gasteiger partial charge is 0.479 e. The molecular weight excluding hydrogens is 294 g/mol. The van der Waals surface area contributed by atoms with Crippen molar-refractivity contribution < 1.29 is 27.5 Å². The van der Waals surface area contributed by atoms with Crippen LogP contribution >= 0.6 is 0 Å². The molecule has 0 aromatic carbocycles. The smallest absolute Gasteiger partial charge is 0.419 e. The molecule has 0 fully saturated rings. The van der Waals surface area contributed by atoms with Gasteiger partial charge in [0.05, 0.1) is 5.56 Å². The number of carboxylic acids is 1. The first kappa shape index (κ1) is 15.2. The van der Waals surface area contributed by atoms with E-state index >= 15 is 0 Å². The zero-order valence-corrected chi connectivity index (χ0v) is 10.6. The average molecular weight is 305 g/mol. The van der Waals surface area contributed by atoms with E-state index < -0.39 is 23.9 Å². The summed E-state index contributed by atoms with van der Waals surface area (Å²) in [5.41, 5.74) is -0.806. The van der Waals surface area contributed by atoms with Crippen LogP contribution in [-0.2, 0) is 11.0 Å². The zero-order chi connectivity index (χ0) is 15.6. The average Bonchev–Trinajstić information content (AvgIpc) is 2.46. The van der Waals surface area contributed by atoms with Crippen molar-refractivity contribution in [3.63, 3.8) is 0 Å². The van der Waals surface area contributed by atoms with E-state index in [-0.39, 0.29) is 31.0 Å². The van der Waals surface area contributed by atoms with Crippen LogP contribution in [0.1, 0.15) is 12.0 Å². The fourth-order valence-corrected chi connectivity index (χ4v) is 1.89. The van der Waals surface area contributed by atoms with Gasteiger partial charge in [-0.2, -0.15) is 13.2 Å². The standard InChI is InChI=1S/C12H11F4N3O2/c13-9(10(20)21)7-1-3-19(4-2-7)11-17-5-8(6-18-11)12(14,15)16/h1,5-6,9H,2-4H2,(H,20,21). The van der Waals surface area contributed by atoms with Crippen LogP contribution in [0, 0.1) is 0 Å². The third kappa shape index (κ3) is 3.47. The van der Waals surface area contributed by atoms with Gasteiger partial charge < -0.3 is 10.0 Å². The molecule has 9 heteroatoms. The van der Waals surface area contributed by atoms with Gasteiger partial charge in [-0.3, -0.25) is 0 Å². The van der Waals surface area contributed by atoms with Crippen LogP contribution in [0.4, 0.5) is 23.5 Å². The maximum atomic E-state index is 13.3. The maximum Gasteiger partial charge on any atom is 0.419 e. The Labute approximate surface area is 116 Å². The summed E-state index contributed by atoms with van der Waals surface area (Å²) in [7, 11) is 0. The van der Waals surface area contributed by atoms with Crippen LogP contribution in [-0.4, -0.2) is 40.3 Å². The summed E-state index contributed by atoms with van der Waals surface area (Å²) in [6.45, 7) is 0.388. The Bertz CT molecular complexity index is 557. The van der Waals surface area contributed by atoms with Crippen LogP contribution in [0.3, 0.4) is 0 Å². The van der Waals surface area contributed by atoms with Crippen molar-refractivity contribution in [3.05, 3.63) is 29.6 Å². The van der Waals surface area contributed by atoms with Gasteiger partial charge >= 0.3 is 12.1 Å². The molecule has 0 spiro atoms. The zero-order valence-electron chi connectivity index (χ0n) is 10.6. The van der Waals surface area contributed by atoms with Crippen LogP contribution in [0.25, 0.3) is 0 Å². The maximum absolute atomic E-state index is 13.3. The minimum Gasteiger partial charge on any atom is -0.479 e. The molecule has 1 N–H and O–H groups in total. The van der Waals surface area contributed by atoms with Crippen molar-refractivity contribution in [2.24, 2.45) is 0 Å². The minimum absolute atomic E-state index is 0.0871. The number of nitrogens with zero attached hydrogens (tertiary/aromatic N) is 3. The van der Waals surface area contributed by atoms with E-state index in [1.54, 1.807) is 0 Å². The lowest BCUT2D eigenvalue weighted by Crippen LogP contribution is -2.33. The summed E-state index contributed by atoms with van der Waals surface area (Å²) in [4.78, 5) is 19.3. The Balaban J connectivity index is 2.07. The highest BCUT2D eigenvalue weighted by Crippen LogP contribution is 2.28. The lowest BCUT2D eigenvalue weighted by Gasteiger charge is -2.26. The fourth-order valence-electron chi connectivity index (χ4n) is 1.89. The molecule has 0 radical (unpaired) electrons. The first-order valence-electron chi connectivity index (χ1n) is 5.99. The SMILES string of the molecule is O=C(O)C(F)C1=CCN(c2ncc(C(F)(F)F)cn2)CC1. The number of hydrogen-bond donors (Lipinski definition) is 1. The molecule has 5 nitrogen and oxygen atoms in total. The van der Waals surface area contributed by atoms with Crippen molar-refractivity contribution in [2.75, 3.05) is 18.0 Å². The second kappa shape index (κ2) is 5.66. The van der Waals surface area contributed by atoms with Gasteiger partial charge in [-0.05, 0) is 12.0 Å². The van der Waals surface area contributed by atoms with E-state index in [1.165, 1.54) is 11.0 Å². The summed E-state index contributed by atoms with van der Waals surface area (Å²) in [5.74, 6) is -1.47. The number of aliphatic carboxylic acids is 1. The molecule has 1 aromatic rings. The molecule has 114 valence electrons. The van der Waals surface area contributed by atoms with Crippen molar-refractivity contribution in [1.82, 2.24) is 9.97 Å². The molecule has 0 aliphatic carbocycles. The quantitative estimate of drug-likeness (QED) is 0.684. The van der Waals surface area contributed by atoms with E-state index in [9.17, 15) is 22.4 Å². The topological polar surface area (TPSA) is 66.3 Å². The second-order valence-electron chi connectivity index (χ2n) is 4.45. The lowest BCUT2D eigenvalue weighted by atomic mass is 10.0. The third-order valence-corrected chi connectivity index (χ3v) is 3.03. The predicted molar refractivity (Wildman–Crippen MR) is 64.5 cm³/mol. The Morgan fingerprint density at radius 3 is 2.38 bits per heavy atom. The molecule has 0 saturated carbocycles. The second-order valence-corrected chi connectivity index (χ2v) is 4.45. The van der Waals surface area contributed by atoms with Gasteiger partial charge in [0.15, 0.2) is 0 Å². The molecule has 2 heterocycles. The molecule has 1 aliphatic heterocycles. The molecule has 0 saturated heterocycles. The minimum atomic E-state index is -4.50. The summed E-state index contributed by atoms with van der Waals surface area (Å²) in [6, 6.07) is 0. The molecule has 0 bridgehead atoms. The fraction of sp³-hybridized carbons (Fsp3) is 0.417. The van der Waals surface area contributed by atoms with Gasteiger partial charge in [-0.1, -0.05) is 6.08 Å². The number of carboxylic acid groups (broad SMARTS) is 1. The highest BCUT2D eigenvalue weighted by atomic mass is 19.4. The van der Waals surface area contributed by atoms with Crippen LogP contribution in [0.2, 0.25) is 0 Å². The van der Waals surface area contributed by atoms with Crippen LogP contribution in [0.5, 0.6) is 0 Å². The molecule has 0 amide bonds. The van der Waals surface area contributed by atoms with E-state index in [0.717, 1.165) is 0 Å². The van der Waals surface area contributed by atoms with E-state index in [2.05, 4.69) is 9.97 Å². The summed E-state index contributed by atoms with van der Waals surface area (Å²) < 4.78 is 50.4. The Morgan fingerprint density at radius 2 is 1.95 bits per heavy atom. The molecule has 1 unspecified atom stereocenters. The van der Waals surface area contributed by atoms with Gasteiger partial charge in [0.1, 0.15) is 0 Å². The van der Waals surface area contributed by atoms with Crippen molar-refractivity contribution in [3.8, 4) is 0 Å². The number of aromatic nitrogens is 2. The van der Waals surface area contributed by atoms with Gasteiger partial charge in [-0.25, -0.2) is 19.2 Å². The molecule has 1 atom stereocenters. The molecule has 1 aromatic heterocycles. The first-order chi connectivity index (χ1) is 9.79. The van der Waals surface area contributed by atoms with Gasteiger partial charge in [0, 0.05) is 25.5 Å². The lowest BCUT2D eigenvalue weighted by molar-refractivity contribution is -0.141. The Kier molecular flexibility index (Phi) is 4.10. The Morgan fingerprint density at radius 1 is 1.33 bits per heavy atom. The number of anilines is 1. The van der Waals surface area contributed by atoms with Crippen molar-refractivity contribution >= 4 is 11.9 Å². The van der Waals surface area contributed by atoms with E-state index in [4.69, 9.17) is 5.11 Å². The predicted octanol–water partition coefficient (Wildman–Crippen LogP) is 2.05. The monoisotopic (exact) mass is 305 g/mol. The van der Waals surface area contributed by atoms with Gasteiger partial charge in [-0.15, -0.1) is 0 Å².